The zero-order chi connectivity index (χ0) is 31.7. The van der Waals surface area contributed by atoms with Crippen molar-refractivity contribution in [3.8, 4) is 63.1 Å². The fourth-order valence-electron chi connectivity index (χ4n) is 6.05. The van der Waals surface area contributed by atoms with Crippen molar-refractivity contribution in [2.24, 2.45) is 0 Å². The summed E-state index contributed by atoms with van der Waals surface area (Å²) in [4.78, 5) is 14.9. The van der Waals surface area contributed by atoms with Crippen LogP contribution >= 0.6 is 0 Å². The van der Waals surface area contributed by atoms with Gasteiger partial charge in [-0.1, -0.05) is 97.1 Å². The zero-order valence-corrected chi connectivity index (χ0v) is 25.0. The molecule has 8 rings (SSSR count). The van der Waals surface area contributed by atoms with Crippen LogP contribution in [-0.2, 0) is 0 Å². The summed E-state index contributed by atoms with van der Waals surface area (Å²) in [5, 5.41) is 21.4. The molecule has 0 amide bonds. The molecule has 0 saturated heterocycles. The molecule has 47 heavy (non-hydrogen) atoms. The first kappa shape index (κ1) is 27.6. The third-order valence-electron chi connectivity index (χ3n) is 8.33. The van der Waals surface area contributed by atoms with E-state index in [4.69, 9.17) is 15.0 Å². The third-order valence-corrected chi connectivity index (χ3v) is 8.33. The number of hydrogen-bond acceptors (Lipinski definition) is 5. The lowest BCUT2D eigenvalue weighted by Crippen LogP contribution is -2.04. The number of nitrogens with zero attached hydrogens (tertiary/aromatic N) is 6. The summed E-state index contributed by atoms with van der Waals surface area (Å²) in [5.74, 6) is 1.65. The lowest BCUT2D eigenvalue weighted by atomic mass is 10.0. The average molecular weight is 601 g/mol. The highest BCUT2D eigenvalue weighted by Gasteiger charge is 2.20. The van der Waals surface area contributed by atoms with Crippen LogP contribution in [0, 0.1) is 22.7 Å². The molecule has 2 aromatic heterocycles. The van der Waals surface area contributed by atoms with Gasteiger partial charge in [0.05, 0.1) is 40.0 Å². The first-order valence-electron chi connectivity index (χ1n) is 15.2. The van der Waals surface area contributed by atoms with Crippen molar-refractivity contribution in [2.75, 3.05) is 0 Å². The van der Waals surface area contributed by atoms with Gasteiger partial charge in [0.15, 0.2) is 17.5 Å². The summed E-state index contributed by atoms with van der Waals surface area (Å²) in [6.45, 7) is 0. The van der Waals surface area contributed by atoms with Gasteiger partial charge in [0, 0.05) is 27.5 Å². The smallest absolute Gasteiger partial charge is 0.166 e. The Balaban J connectivity index is 1.39. The van der Waals surface area contributed by atoms with E-state index in [0.29, 0.717) is 28.6 Å². The van der Waals surface area contributed by atoms with E-state index >= 15 is 0 Å². The molecule has 6 aromatic carbocycles. The Bertz CT molecular complexity index is 2460. The number of para-hydroxylation sites is 1. The summed E-state index contributed by atoms with van der Waals surface area (Å²) >= 11 is 0. The molecule has 0 atom stereocenters. The Morgan fingerprint density at radius 1 is 0.426 bits per heavy atom. The third kappa shape index (κ3) is 4.97. The maximum absolute atomic E-state index is 10.0. The largest absolute Gasteiger partial charge is 0.308 e. The van der Waals surface area contributed by atoms with Crippen LogP contribution in [0.1, 0.15) is 11.1 Å². The second-order valence-corrected chi connectivity index (χ2v) is 11.2. The number of aromatic nitrogens is 4. The van der Waals surface area contributed by atoms with Crippen molar-refractivity contribution in [2.45, 2.75) is 0 Å². The Labute approximate surface area is 271 Å². The average Bonchev–Trinajstić information content (AvgIpc) is 3.48. The number of nitriles is 2. The Morgan fingerprint density at radius 3 is 1.64 bits per heavy atom. The molecule has 218 valence electrons. The quantitative estimate of drug-likeness (QED) is 0.196. The number of hydrogen-bond donors (Lipinski definition) is 0. The van der Waals surface area contributed by atoms with Gasteiger partial charge in [0.25, 0.3) is 0 Å². The fraction of sp³-hybridized carbons (Fsp3) is 0. The molecule has 0 radical (unpaired) electrons. The van der Waals surface area contributed by atoms with Crippen molar-refractivity contribution in [1.82, 2.24) is 19.5 Å². The van der Waals surface area contributed by atoms with Crippen LogP contribution in [0.25, 0.3) is 72.8 Å². The Morgan fingerprint density at radius 2 is 0.979 bits per heavy atom. The van der Waals surface area contributed by atoms with Gasteiger partial charge in [0.1, 0.15) is 0 Å². The van der Waals surface area contributed by atoms with Gasteiger partial charge >= 0.3 is 0 Å². The molecule has 0 bridgehead atoms. The highest BCUT2D eigenvalue weighted by Crippen LogP contribution is 2.38. The van der Waals surface area contributed by atoms with Crippen LogP contribution in [0.4, 0.5) is 0 Å². The molecule has 0 saturated carbocycles. The molecule has 2 heterocycles. The minimum Gasteiger partial charge on any atom is -0.308 e. The number of fused-ring (bicyclic) bond motifs is 3. The van der Waals surface area contributed by atoms with E-state index in [9.17, 15) is 10.5 Å². The molecule has 6 heteroatoms. The highest BCUT2D eigenvalue weighted by molar-refractivity contribution is 6.11. The summed E-state index contributed by atoms with van der Waals surface area (Å²) in [6.07, 6.45) is 0. The minimum atomic E-state index is 0.511. The van der Waals surface area contributed by atoms with E-state index in [2.05, 4.69) is 47.0 Å². The number of rotatable bonds is 5. The summed E-state index contributed by atoms with van der Waals surface area (Å²) in [5.41, 5.74) is 8.56. The predicted octanol–water partition coefficient (Wildman–Crippen LogP) is 9.38. The van der Waals surface area contributed by atoms with Crippen LogP contribution in [0.3, 0.4) is 0 Å². The van der Waals surface area contributed by atoms with Crippen molar-refractivity contribution in [3.63, 3.8) is 0 Å². The molecular formula is C41H24N6. The lowest BCUT2D eigenvalue weighted by Gasteiger charge is -2.15. The van der Waals surface area contributed by atoms with Crippen LogP contribution in [-0.4, -0.2) is 19.5 Å². The molecule has 0 spiro atoms. The Kier molecular flexibility index (Phi) is 6.80. The fourth-order valence-corrected chi connectivity index (χ4v) is 6.05. The Hall–Kier alpha value is -6.89. The van der Waals surface area contributed by atoms with E-state index in [1.54, 1.807) is 0 Å². The highest BCUT2D eigenvalue weighted by atomic mass is 15.1. The molecule has 0 N–H and O–H groups in total. The van der Waals surface area contributed by atoms with Crippen LogP contribution < -0.4 is 0 Å². The summed E-state index contributed by atoms with van der Waals surface area (Å²) in [7, 11) is 0. The molecule has 0 unspecified atom stereocenters. The van der Waals surface area contributed by atoms with Gasteiger partial charge in [-0.2, -0.15) is 10.5 Å². The van der Waals surface area contributed by atoms with E-state index in [1.165, 1.54) is 0 Å². The van der Waals surface area contributed by atoms with E-state index < -0.39 is 0 Å². The summed E-state index contributed by atoms with van der Waals surface area (Å²) in [6, 6.07) is 52.3. The second kappa shape index (κ2) is 11.6. The molecule has 0 aliphatic heterocycles. The molecule has 0 aliphatic carbocycles. The summed E-state index contributed by atoms with van der Waals surface area (Å²) < 4.78 is 2.19. The monoisotopic (exact) mass is 600 g/mol. The van der Waals surface area contributed by atoms with Gasteiger partial charge in [-0.05, 0) is 59.7 Å². The van der Waals surface area contributed by atoms with Gasteiger partial charge in [-0.3, -0.25) is 0 Å². The molecule has 0 aliphatic rings. The molecule has 0 fully saturated rings. The zero-order valence-electron chi connectivity index (χ0n) is 25.0. The molecule has 8 aromatic rings. The van der Waals surface area contributed by atoms with Crippen molar-refractivity contribution in [3.05, 3.63) is 157 Å². The predicted molar refractivity (Wildman–Crippen MR) is 185 cm³/mol. The van der Waals surface area contributed by atoms with E-state index in [0.717, 1.165) is 55.3 Å². The van der Waals surface area contributed by atoms with Crippen LogP contribution in [0.2, 0.25) is 0 Å². The van der Waals surface area contributed by atoms with Crippen molar-refractivity contribution in [1.29, 1.82) is 10.5 Å². The maximum atomic E-state index is 10.0. The second-order valence-electron chi connectivity index (χ2n) is 11.2. The topological polar surface area (TPSA) is 91.2 Å². The van der Waals surface area contributed by atoms with Gasteiger partial charge in [-0.15, -0.1) is 0 Å². The maximum Gasteiger partial charge on any atom is 0.166 e. The minimum absolute atomic E-state index is 0.511. The van der Waals surface area contributed by atoms with Gasteiger partial charge in [-0.25, -0.2) is 15.0 Å². The first-order chi connectivity index (χ1) is 23.2. The standard InChI is InChI=1S/C41H24N6/c42-25-27-15-18-29(19-16-27)32-20-22-37-35(24-32)33-13-7-8-14-36(33)47(37)38-23-28(26-43)17-21-34(38)41-45-39(30-9-3-1-4-10-30)44-40(46-41)31-11-5-2-6-12-31/h1-24H. The van der Waals surface area contributed by atoms with Crippen molar-refractivity contribution < 1.29 is 0 Å². The molecular weight excluding hydrogens is 576 g/mol. The SMILES string of the molecule is N#Cc1ccc(-c2ccc3c(c2)c2ccccc2n3-c2cc(C#N)ccc2-c2nc(-c3ccccc3)nc(-c3ccccc3)n2)cc1. The van der Waals surface area contributed by atoms with E-state index in [-0.39, 0.29) is 0 Å². The van der Waals surface area contributed by atoms with E-state index in [1.807, 2.05) is 115 Å². The number of benzene rings is 6. The van der Waals surface area contributed by atoms with Gasteiger partial charge in [0.2, 0.25) is 0 Å². The lowest BCUT2D eigenvalue weighted by molar-refractivity contribution is 1.06. The normalized spacial score (nSPS) is 10.9. The van der Waals surface area contributed by atoms with Crippen LogP contribution in [0.5, 0.6) is 0 Å². The van der Waals surface area contributed by atoms with Gasteiger partial charge < -0.3 is 4.57 Å². The van der Waals surface area contributed by atoms with Crippen LogP contribution in [0.15, 0.2) is 146 Å². The first-order valence-corrected chi connectivity index (χ1v) is 15.2. The van der Waals surface area contributed by atoms with Crippen molar-refractivity contribution >= 4 is 21.8 Å². The molecule has 6 nitrogen and oxygen atoms in total.